The highest BCUT2D eigenvalue weighted by Gasteiger charge is 2.73. The zero-order chi connectivity index (χ0) is 50.0. The molecular weight excluding hydrogens is 900 g/mol. The van der Waals surface area contributed by atoms with Gasteiger partial charge in [0.25, 0.3) is 0 Å². The fraction of sp³-hybridized carbons (Fsp3) is 0.936. The Kier molecular flexibility index (Phi) is 14.3. The monoisotopic (exact) mass is 976 g/mol. The quantitative estimate of drug-likeness (QED) is 0.0778. The number of aliphatic hydroxyl groups is 13. The molecule has 0 unspecified atom stereocenters. The lowest BCUT2D eigenvalue weighted by molar-refractivity contribution is -0.387. The SMILES string of the molecule is CC1(C)C[C@H]2C3=CC[C@@H]4[C@@]5(C)CC[C@H](O[C@@H]6O[C@H](C(=O)O)[C@@H](O[C@@H]7O[C@H](CO)[C@@H](O)[C@H](O)[C@H]7O)[C@H](O)[C@H]6O[C@@H]6OC[C@@H](O)[C@H](O)[C@H]6O)[C@](C)(CO)[C@@H]5CC[C@@]4(C)[C@]3(C)C[C@@H](O)[C@@]2(CO)[C@@H](O)[C@@H]1O. The Balaban J connectivity index is 1.10. The second kappa shape index (κ2) is 18.4. The van der Waals surface area contributed by atoms with E-state index < -0.39 is 181 Å². The maximum absolute atomic E-state index is 13.0. The Hall–Kier alpha value is -1.55. The van der Waals surface area contributed by atoms with Crippen molar-refractivity contribution in [3.8, 4) is 0 Å². The maximum atomic E-state index is 13.0. The fourth-order valence-electron chi connectivity index (χ4n) is 15.1. The lowest BCUT2D eigenvalue weighted by Crippen LogP contribution is -2.72. The minimum absolute atomic E-state index is 0.00235. The van der Waals surface area contributed by atoms with Gasteiger partial charge in [0.15, 0.2) is 25.0 Å². The van der Waals surface area contributed by atoms with Crippen LogP contribution in [0.3, 0.4) is 0 Å². The Morgan fingerprint density at radius 2 is 1.35 bits per heavy atom. The first-order valence-electron chi connectivity index (χ1n) is 24.2. The van der Waals surface area contributed by atoms with Crippen molar-refractivity contribution in [1.29, 1.82) is 0 Å². The number of aliphatic hydroxyl groups excluding tert-OH is 13. The number of carboxylic acids is 1. The van der Waals surface area contributed by atoms with Crippen LogP contribution >= 0.6 is 0 Å². The van der Waals surface area contributed by atoms with Gasteiger partial charge in [-0.1, -0.05) is 53.2 Å². The third-order valence-corrected chi connectivity index (χ3v) is 19.5. The number of carbonyl (C=O) groups is 1. The van der Waals surface area contributed by atoms with Crippen molar-refractivity contribution >= 4 is 5.97 Å². The molecule has 0 aromatic carbocycles. The molecule has 0 radical (unpaired) electrons. The number of aliphatic carboxylic acids is 1. The first-order chi connectivity index (χ1) is 31.7. The van der Waals surface area contributed by atoms with E-state index in [1.165, 1.54) is 0 Å². The summed E-state index contributed by atoms with van der Waals surface area (Å²) in [6.07, 6.45) is -24.6. The highest BCUT2D eigenvalue weighted by Crippen LogP contribution is 2.76. The number of allylic oxidation sites excluding steroid dienone is 2. The molecule has 3 aliphatic heterocycles. The van der Waals surface area contributed by atoms with E-state index in [2.05, 4.69) is 26.8 Å². The number of hydrogen-bond acceptors (Lipinski definition) is 20. The topological polar surface area (TPSA) is 356 Å². The van der Waals surface area contributed by atoms with Gasteiger partial charge in [-0.05, 0) is 84.4 Å². The molecule has 0 bridgehead atoms. The maximum Gasteiger partial charge on any atom is 0.335 e. The molecule has 21 nitrogen and oxygen atoms in total. The summed E-state index contributed by atoms with van der Waals surface area (Å²) in [6.45, 7) is 10.1. The van der Waals surface area contributed by atoms with Gasteiger partial charge in [-0.2, -0.15) is 0 Å². The average Bonchev–Trinajstić information content (AvgIpc) is 3.28. The molecule has 390 valence electrons. The second-order valence-electron chi connectivity index (χ2n) is 23.1. The Bertz CT molecular complexity index is 1870. The van der Waals surface area contributed by atoms with E-state index >= 15 is 0 Å². The van der Waals surface area contributed by atoms with Crippen LogP contribution in [0.15, 0.2) is 11.6 Å². The van der Waals surface area contributed by atoms with Gasteiger partial charge in [-0.15, -0.1) is 0 Å². The minimum atomic E-state index is -2.09. The predicted molar refractivity (Wildman–Crippen MR) is 230 cm³/mol. The molecular formula is C47H76O21. The number of hydrogen-bond donors (Lipinski definition) is 14. The summed E-state index contributed by atoms with van der Waals surface area (Å²) in [5, 5.41) is 153. The highest BCUT2D eigenvalue weighted by atomic mass is 16.8. The predicted octanol–water partition coefficient (Wildman–Crippen LogP) is -2.77. The molecule has 5 aliphatic carbocycles. The molecule has 4 saturated carbocycles. The van der Waals surface area contributed by atoms with Crippen molar-refractivity contribution in [3.63, 3.8) is 0 Å². The van der Waals surface area contributed by atoms with Crippen molar-refractivity contribution in [3.05, 3.63) is 11.6 Å². The van der Waals surface area contributed by atoms with Crippen LogP contribution < -0.4 is 0 Å². The third kappa shape index (κ3) is 7.71. The van der Waals surface area contributed by atoms with Gasteiger partial charge in [0.1, 0.15) is 61.0 Å². The number of rotatable bonds is 10. The van der Waals surface area contributed by atoms with Gasteiger partial charge < -0.3 is 99.9 Å². The largest absolute Gasteiger partial charge is 0.479 e. The van der Waals surface area contributed by atoms with Crippen LogP contribution in [-0.2, 0) is 33.2 Å². The normalized spacial score (nSPS) is 55.8. The lowest BCUT2D eigenvalue weighted by atomic mass is 9.33. The summed E-state index contributed by atoms with van der Waals surface area (Å²) in [4.78, 5) is 13.0. The van der Waals surface area contributed by atoms with Crippen molar-refractivity contribution in [1.82, 2.24) is 0 Å². The van der Waals surface area contributed by atoms with Crippen LogP contribution in [0, 0.1) is 50.2 Å². The van der Waals surface area contributed by atoms with Crippen molar-refractivity contribution in [2.24, 2.45) is 50.2 Å². The molecule has 8 aliphatic rings. The van der Waals surface area contributed by atoms with Crippen LogP contribution in [0.25, 0.3) is 0 Å². The molecule has 3 saturated heterocycles. The van der Waals surface area contributed by atoms with Crippen molar-refractivity contribution in [2.45, 2.75) is 197 Å². The van der Waals surface area contributed by atoms with E-state index in [1.807, 2.05) is 20.8 Å². The van der Waals surface area contributed by atoms with Gasteiger partial charge >= 0.3 is 5.97 Å². The summed E-state index contributed by atoms with van der Waals surface area (Å²) in [6, 6.07) is 0. The highest BCUT2D eigenvalue weighted by molar-refractivity contribution is 5.73. The van der Waals surface area contributed by atoms with Crippen LogP contribution in [0.1, 0.15) is 86.5 Å². The number of fused-ring (bicyclic) bond motifs is 7. The molecule has 8 rings (SSSR count). The van der Waals surface area contributed by atoms with E-state index in [4.69, 9.17) is 28.4 Å². The first-order valence-corrected chi connectivity index (χ1v) is 24.2. The van der Waals surface area contributed by atoms with Crippen molar-refractivity contribution in [2.75, 3.05) is 26.4 Å². The van der Waals surface area contributed by atoms with E-state index in [9.17, 15) is 76.3 Å². The van der Waals surface area contributed by atoms with E-state index in [-0.39, 0.29) is 18.3 Å². The van der Waals surface area contributed by atoms with Gasteiger partial charge in [0.2, 0.25) is 0 Å². The molecule has 26 atom stereocenters. The van der Waals surface area contributed by atoms with Gasteiger partial charge in [-0.25, -0.2) is 4.79 Å². The summed E-state index contributed by atoms with van der Waals surface area (Å²) in [5.74, 6) is -2.30. The number of ether oxygens (including phenoxy) is 6. The van der Waals surface area contributed by atoms with E-state index in [1.54, 1.807) is 0 Å². The zero-order valence-corrected chi connectivity index (χ0v) is 39.6. The fourth-order valence-corrected chi connectivity index (χ4v) is 15.1. The molecule has 3 heterocycles. The van der Waals surface area contributed by atoms with Crippen LogP contribution in [-0.4, -0.2) is 214 Å². The number of carboxylic acid groups (broad SMARTS) is 1. The van der Waals surface area contributed by atoms with E-state index in [0.717, 1.165) is 5.57 Å². The Morgan fingerprint density at radius 3 is 1.99 bits per heavy atom. The van der Waals surface area contributed by atoms with Crippen molar-refractivity contribution < 1.29 is 105 Å². The second-order valence-corrected chi connectivity index (χ2v) is 23.1. The zero-order valence-electron chi connectivity index (χ0n) is 39.6. The molecule has 7 fully saturated rings. The Labute approximate surface area is 395 Å². The van der Waals surface area contributed by atoms with Crippen LogP contribution in [0.5, 0.6) is 0 Å². The summed E-state index contributed by atoms with van der Waals surface area (Å²) < 4.78 is 35.6. The summed E-state index contributed by atoms with van der Waals surface area (Å²) in [7, 11) is 0. The molecule has 0 aromatic rings. The van der Waals surface area contributed by atoms with Gasteiger partial charge in [0, 0.05) is 5.41 Å². The molecule has 0 spiro atoms. The van der Waals surface area contributed by atoms with Crippen LogP contribution in [0.4, 0.5) is 0 Å². The molecule has 0 aromatic heterocycles. The summed E-state index contributed by atoms with van der Waals surface area (Å²) >= 11 is 0. The van der Waals surface area contributed by atoms with Crippen LogP contribution in [0.2, 0.25) is 0 Å². The van der Waals surface area contributed by atoms with Gasteiger partial charge in [0.05, 0.1) is 56.3 Å². The average molecular weight is 977 g/mol. The molecule has 0 amide bonds. The van der Waals surface area contributed by atoms with E-state index in [0.29, 0.717) is 38.5 Å². The smallest absolute Gasteiger partial charge is 0.335 e. The first kappa shape index (κ1) is 52.8. The summed E-state index contributed by atoms with van der Waals surface area (Å²) in [5.41, 5.74) is -3.48. The lowest BCUT2D eigenvalue weighted by Gasteiger charge is -2.72. The standard InChI is InChI=1S/C47H76O21/c1-42(2)13-20-19-7-8-24-43(3)11-10-26(44(4,17-49)23(43)9-12-45(24,5)46(19,6)14-25(52)47(20,18-50)37(60)36(42)59)65-41-34(67-39-30(56)27(53)21(51)16-63-39)32(58)33(35(68-41)38(61)62)66-40-31(57)29(55)28(54)22(15-48)64-40/h7,20-37,39-41,48-60H,8-18H2,1-6H3,(H,61,62)/t20-,21+,22+,23+,24+,25+,26-,27-,28+,29-,30+,31+,32-,33-,34+,35-,36-,37-,39-,40-,41+,43-,44+,45+,46+,47-/m0/s1. The molecule has 14 N–H and O–H groups in total. The van der Waals surface area contributed by atoms with Gasteiger partial charge in [-0.3, -0.25) is 0 Å². The minimum Gasteiger partial charge on any atom is -0.479 e. The Morgan fingerprint density at radius 1 is 0.691 bits per heavy atom. The molecule has 68 heavy (non-hydrogen) atoms. The third-order valence-electron chi connectivity index (χ3n) is 19.5. The molecule has 21 heteroatoms.